The summed E-state index contributed by atoms with van der Waals surface area (Å²) in [4.78, 5) is 30.5. The van der Waals surface area contributed by atoms with Crippen LogP contribution >= 0.6 is 0 Å². The van der Waals surface area contributed by atoms with Crippen molar-refractivity contribution in [2.75, 3.05) is 18.9 Å². The molecular formula is C19H22N4O3. The van der Waals surface area contributed by atoms with Gasteiger partial charge in [0, 0.05) is 25.4 Å². The second-order valence-corrected chi connectivity index (χ2v) is 6.25. The molecule has 136 valence electrons. The first-order valence-electron chi connectivity index (χ1n) is 8.49. The number of aryl methyl sites for hydroxylation is 1. The monoisotopic (exact) mass is 354 g/mol. The van der Waals surface area contributed by atoms with Gasteiger partial charge in [0.15, 0.2) is 0 Å². The van der Waals surface area contributed by atoms with Crippen LogP contribution < -0.4 is 15.4 Å². The molecule has 1 saturated heterocycles. The van der Waals surface area contributed by atoms with E-state index in [0.29, 0.717) is 24.4 Å². The topological polar surface area (TPSA) is 83.6 Å². The molecule has 1 aromatic carbocycles. The summed E-state index contributed by atoms with van der Waals surface area (Å²) in [7, 11) is 1.56. The fourth-order valence-corrected chi connectivity index (χ4v) is 3.05. The minimum absolute atomic E-state index is 0.207. The van der Waals surface area contributed by atoms with Gasteiger partial charge < -0.3 is 20.3 Å². The molecule has 0 bridgehead atoms. The summed E-state index contributed by atoms with van der Waals surface area (Å²) in [5, 5.41) is 5.48. The molecule has 1 fully saturated rings. The van der Waals surface area contributed by atoms with Gasteiger partial charge in [-0.2, -0.15) is 0 Å². The average Bonchev–Trinajstić information content (AvgIpc) is 3.06. The Morgan fingerprint density at radius 2 is 2.12 bits per heavy atom. The molecule has 0 unspecified atom stereocenters. The zero-order chi connectivity index (χ0) is 18.5. The Balaban J connectivity index is 1.72. The van der Waals surface area contributed by atoms with Crippen LogP contribution in [0.3, 0.4) is 0 Å². The lowest BCUT2D eigenvalue weighted by Crippen LogP contribution is -2.46. The molecule has 0 spiro atoms. The third-order valence-electron chi connectivity index (χ3n) is 4.28. The van der Waals surface area contributed by atoms with Crippen molar-refractivity contribution in [2.45, 2.75) is 25.5 Å². The maximum Gasteiger partial charge on any atom is 0.322 e. The van der Waals surface area contributed by atoms with Crippen LogP contribution in [0.2, 0.25) is 0 Å². The first kappa shape index (κ1) is 17.7. The maximum absolute atomic E-state index is 12.7. The molecule has 2 heterocycles. The van der Waals surface area contributed by atoms with Crippen molar-refractivity contribution in [3.63, 3.8) is 0 Å². The lowest BCUT2D eigenvalue weighted by Gasteiger charge is -2.23. The summed E-state index contributed by atoms with van der Waals surface area (Å²) in [6.45, 7) is 2.28. The Morgan fingerprint density at radius 1 is 1.27 bits per heavy atom. The molecule has 7 heteroatoms. The van der Waals surface area contributed by atoms with Crippen molar-refractivity contribution in [1.82, 2.24) is 15.2 Å². The van der Waals surface area contributed by atoms with Crippen LogP contribution in [0, 0.1) is 6.92 Å². The highest BCUT2D eigenvalue weighted by molar-refractivity contribution is 5.94. The lowest BCUT2D eigenvalue weighted by atomic mass is 10.2. The second-order valence-electron chi connectivity index (χ2n) is 6.25. The van der Waals surface area contributed by atoms with Crippen LogP contribution in [0.15, 0.2) is 48.8 Å². The Hall–Kier alpha value is -3.09. The number of likely N-dealkylation sites (N-methyl/N-ethyl adjacent to an activating group) is 1. The standard InChI is InChI=1S/C19H22N4O3/c1-13-5-3-6-14(9-13)22-19(25)23-12-16(10-17(23)18(24)20-2)26-15-7-4-8-21-11-15/h3-9,11,16-17H,10,12H2,1-2H3,(H,20,24)(H,22,25)/t16-,17+/m0/s1. The molecule has 3 amide bonds. The number of hydrogen-bond donors (Lipinski definition) is 2. The van der Waals surface area contributed by atoms with Crippen LogP contribution in [-0.4, -0.2) is 47.6 Å². The SMILES string of the molecule is CNC(=O)[C@H]1C[C@H](Oc2cccnc2)CN1C(=O)Nc1cccc(C)c1. The number of likely N-dealkylation sites (tertiary alicyclic amines) is 1. The highest BCUT2D eigenvalue weighted by Gasteiger charge is 2.40. The van der Waals surface area contributed by atoms with E-state index in [1.54, 1.807) is 31.6 Å². The fourth-order valence-electron chi connectivity index (χ4n) is 3.05. The molecule has 0 radical (unpaired) electrons. The number of amides is 3. The molecule has 1 aliphatic rings. The van der Waals surface area contributed by atoms with Gasteiger partial charge in [0.2, 0.25) is 5.91 Å². The second kappa shape index (κ2) is 7.86. The van der Waals surface area contributed by atoms with Crippen LogP contribution in [0.1, 0.15) is 12.0 Å². The number of rotatable bonds is 4. The molecule has 7 nitrogen and oxygen atoms in total. The van der Waals surface area contributed by atoms with Crippen molar-refractivity contribution in [3.8, 4) is 5.75 Å². The molecule has 2 atom stereocenters. The number of anilines is 1. The smallest absolute Gasteiger partial charge is 0.322 e. The zero-order valence-corrected chi connectivity index (χ0v) is 14.8. The normalized spacial score (nSPS) is 19.1. The number of nitrogens with one attached hydrogen (secondary N) is 2. The number of ether oxygens (including phenoxy) is 1. The van der Waals surface area contributed by atoms with Gasteiger partial charge in [-0.05, 0) is 36.8 Å². The third-order valence-corrected chi connectivity index (χ3v) is 4.28. The first-order chi connectivity index (χ1) is 12.6. The summed E-state index contributed by atoms with van der Waals surface area (Å²) in [5.41, 5.74) is 1.74. The number of benzene rings is 1. The van der Waals surface area contributed by atoms with Crippen LogP contribution in [0.5, 0.6) is 5.75 Å². The van der Waals surface area contributed by atoms with Crippen molar-refractivity contribution >= 4 is 17.6 Å². The van der Waals surface area contributed by atoms with Gasteiger partial charge in [0.05, 0.1) is 12.7 Å². The molecule has 2 aromatic rings. The van der Waals surface area contributed by atoms with Gasteiger partial charge in [-0.15, -0.1) is 0 Å². The van der Waals surface area contributed by atoms with E-state index in [1.807, 2.05) is 31.2 Å². The third kappa shape index (κ3) is 4.11. The van der Waals surface area contributed by atoms with E-state index in [0.717, 1.165) is 5.56 Å². The van der Waals surface area contributed by atoms with Gasteiger partial charge in [0.25, 0.3) is 0 Å². The number of carbonyl (C=O) groups excluding carboxylic acids is 2. The van der Waals surface area contributed by atoms with Gasteiger partial charge in [-0.1, -0.05) is 12.1 Å². The number of urea groups is 1. The van der Waals surface area contributed by atoms with Crippen molar-refractivity contribution in [1.29, 1.82) is 0 Å². The van der Waals surface area contributed by atoms with Crippen molar-refractivity contribution in [3.05, 3.63) is 54.4 Å². The minimum Gasteiger partial charge on any atom is -0.487 e. The Kier molecular flexibility index (Phi) is 5.36. The molecule has 1 aliphatic heterocycles. The average molecular weight is 354 g/mol. The number of carbonyl (C=O) groups is 2. The Bertz CT molecular complexity index is 781. The highest BCUT2D eigenvalue weighted by atomic mass is 16.5. The number of aromatic nitrogens is 1. The van der Waals surface area contributed by atoms with E-state index in [-0.39, 0.29) is 18.0 Å². The molecule has 0 aliphatic carbocycles. The lowest BCUT2D eigenvalue weighted by molar-refractivity contribution is -0.124. The van der Waals surface area contributed by atoms with E-state index in [2.05, 4.69) is 15.6 Å². The van der Waals surface area contributed by atoms with E-state index in [4.69, 9.17) is 4.74 Å². The summed E-state index contributed by atoms with van der Waals surface area (Å²) >= 11 is 0. The predicted octanol–water partition coefficient (Wildman–Crippen LogP) is 2.19. The Morgan fingerprint density at radius 3 is 2.81 bits per heavy atom. The minimum atomic E-state index is -0.577. The summed E-state index contributed by atoms with van der Waals surface area (Å²) in [5.74, 6) is 0.413. The predicted molar refractivity (Wildman–Crippen MR) is 98.0 cm³/mol. The van der Waals surface area contributed by atoms with Crippen molar-refractivity contribution in [2.24, 2.45) is 0 Å². The van der Waals surface area contributed by atoms with Crippen LogP contribution in [0.4, 0.5) is 10.5 Å². The quantitative estimate of drug-likeness (QED) is 0.882. The molecule has 2 N–H and O–H groups in total. The maximum atomic E-state index is 12.7. The molecule has 1 aromatic heterocycles. The molecular weight excluding hydrogens is 332 g/mol. The first-order valence-corrected chi connectivity index (χ1v) is 8.49. The van der Waals surface area contributed by atoms with Crippen LogP contribution in [0.25, 0.3) is 0 Å². The highest BCUT2D eigenvalue weighted by Crippen LogP contribution is 2.24. The largest absolute Gasteiger partial charge is 0.487 e. The van der Waals surface area contributed by atoms with Gasteiger partial charge in [-0.25, -0.2) is 4.79 Å². The van der Waals surface area contributed by atoms with Gasteiger partial charge in [0.1, 0.15) is 17.9 Å². The molecule has 0 saturated carbocycles. The van der Waals surface area contributed by atoms with Crippen molar-refractivity contribution < 1.29 is 14.3 Å². The molecule has 26 heavy (non-hydrogen) atoms. The number of hydrogen-bond acceptors (Lipinski definition) is 4. The fraction of sp³-hybridized carbons (Fsp3) is 0.316. The summed E-state index contributed by atoms with van der Waals surface area (Å²) in [6.07, 6.45) is 3.43. The van der Waals surface area contributed by atoms with E-state index < -0.39 is 6.04 Å². The van der Waals surface area contributed by atoms with Crippen LogP contribution in [-0.2, 0) is 4.79 Å². The zero-order valence-electron chi connectivity index (χ0n) is 14.8. The van der Waals surface area contributed by atoms with E-state index in [9.17, 15) is 9.59 Å². The number of pyridine rings is 1. The van der Waals surface area contributed by atoms with E-state index in [1.165, 1.54) is 4.90 Å². The Labute approximate surface area is 152 Å². The van der Waals surface area contributed by atoms with Gasteiger partial charge >= 0.3 is 6.03 Å². The molecule has 3 rings (SSSR count). The summed E-state index contributed by atoms with van der Waals surface area (Å²) in [6, 6.07) is 10.2. The summed E-state index contributed by atoms with van der Waals surface area (Å²) < 4.78 is 5.89. The number of nitrogens with zero attached hydrogens (tertiary/aromatic N) is 2. The van der Waals surface area contributed by atoms with E-state index >= 15 is 0 Å². The van der Waals surface area contributed by atoms with Gasteiger partial charge in [-0.3, -0.25) is 9.78 Å².